The van der Waals surface area contributed by atoms with Gasteiger partial charge in [-0.25, -0.2) is 9.38 Å². The summed E-state index contributed by atoms with van der Waals surface area (Å²) in [6.07, 6.45) is 1.60. The summed E-state index contributed by atoms with van der Waals surface area (Å²) in [5, 5.41) is 3.93. The molecule has 0 spiro atoms. The van der Waals surface area contributed by atoms with E-state index >= 15 is 0 Å². The minimum Gasteiger partial charge on any atom is -0.357 e. The quantitative estimate of drug-likeness (QED) is 0.683. The van der Waals surface area contributed by atoms with Gasteiger partial charge in [-0.15, -0.1) is 0 Å². The first kappa shape index (κ1) is 17.1. The van der Waals surface area contributed by atoms with Crippen molar-refractivity contribution in [2.75, 3.05) is 25.4 Å². The zero-order valence-electron chi connectivity index (χ0n) is 13.6. The van der Waals surface area contributed by atoms with Gasteiger partial charge in [0.2, 0.25) is 0 Å². The number of aliphatic imine (C=N–C) groups is 1. The average Bonchev–Trinajstić information content (AvgIpc) is 2.53. The number of pyridine rings is 1. The van der Waals surface area contributed by atoms with Crippen molar-refractivity contribution >= 4 is 17.7 Å². The van der Waals surface area contributed by atoms with Crippen molar-refractivity contribution in [1.82, 2.24) is 15.2 Å². The number of nitrogens with one attached hydrogen (secondary N) is 1. The van der Waals surface area contributed by atoms with Crippen LogP contribution in [-0.2, 0) is 6.54 Å². The molecule has 1 saturated heterocycles. The van der Waals surface area contributed by atoms with Gasteiger partial charge >= 0.3 is 0 Å². The third-order valence-corrected chi connectivity index (χ3v) is 5.22. The van der Waals surface area contributed by atoms with Crippen LogP contribution in [0.3, 0.4) is 0 Å². The molecule has 6 heteroatoms. The van der Waals surface area contributed by atoms with Crippen LogP contribution < -0.4 is 5.32 Å². The van der Waals surface area contributed by atoms with Gasteiger partial charge in [0.1, 0.15) is 5.82 Å². The second-order valence-electron chi connectivity index (χ2n) is 5.70. The van der Waals surface area contributed by atoms with Gasteiger partial charge in [0.25, 0.3) is 0 Å². The van der Waals surface area contributed by atoms with Gasteiger partial charge in [-0.1, -0.05) is 13.8 Å². The SMILES string of the molecule is CCNC(=NCc1ncccc1F)N1CCSC(C(C)C)C1. The average molecular weight is 324 g/mol. The first-order valence-corrected chi connectivity index (χ1v) is 8.91. The topological polar surface area (TPSA) is 40.5 Å². The van der Waals surface area contributed by atoms with Gasteiger partial charge < -0.3 is 10.2 Å². The molecule has 2 heterocycles. The maximum atomic E-state index is 13.7. The molecule has 122 valence electrons. The minimum absolute atomic E-state index is 0.269. The number of thioether (sulfide) groups is 1. The number of hydrogen-bond acceptors (Lipinski definition) is 3. The first-order chi connectivity index (χ1) is 10.6. The molecular formula is C16H25FN4S. The molecule has 0 radical (unpaired) electrons. The third-order valence-electron chi connectivity index (χ3n) is 3.68. The molecule has 1 N–H and O–H groups in total. The Kier molecular flexibility index (Phi) is 6.49. The van der Waals surface area contributed by atoms with E-state index in [-0.39, 0.29) is 12.4 Å². The normalized spacial score (nSPS) is 19.6. The van der Waals surface area contributed by atoms with Crippen LogP contribution in [0.4, 0.5) is 4.39 Å². The maximum absolute atomic E-state index is 13.7. The van der Waals surface area contributed by atoms with E-state index in [1.54, 1.807) is 12.3 Å². The van der Waals surface area contributed by atoms with Crippen LogP contribution in [0.2, 0.25) is 0 Å². The number of aromatic nitrogens is 1. The lowest BCUT2D eigenvalue weighted by Gasteiger charge is -2.36. The highest BCUT2D eigenvalue weighted by molar-refractivity contribution is 8.00. The lowest BCUT2D eigenvalue weighted by molar-refractivity contribution is 0.380. The molecule has 1 aromatic rings. The summed E-state index contributed by atoms with van der Waals surface area (Å²) in [4.78, 5) is 10.9. The maximum Gasteiger partial charge on any atom is 0.194 e. The predicted octanol–water partition coefficient (Wildman–Crippen LogP) is 2.76. The van der Waals surface area contributed by atoms with E-state index in [9.17, 15) is 4.39 Å². The summed E-state index contributed by atoms with van der Waals surface area (Å²) in [5.74, 6) is 2.31. The van der Waals surface area contributed by atoms with Crippen molar-refractivity contribution in [2.45, 2.75) is 32.6 Å². The molecule has 0 aliphatic carbocycles. The monoisotopic (exact) mass is 324 g/mol. The van der Waals surface area contributed by atoms with Gasteiger partial charge in [-0.2, -0.15) is 11.8 Å². The Hall–Kier alpha value is -1.30. The van der Waals surface area contributed by atoms with Crippen LogP contribution in [0.15, 0.2) is 23.3 Å². The molecule has 22 heavy (non-hydrogen) atoms. The Morgan fingerprint density at radius 1 is 1.59 bits per heavy atom. The number of rotatable bonds is 4. The summed E-state index contributed by atoms with van der Waals surface area (Å²) in [6, 6.07) is 3.03. The molecule has 1 aliphatic rings. The van der Waals surface area contributed by atoms with Crippen molar-refractivity contribution in [1.29, 1.82) is 0 Å². The highest BCUT2D eigenvalue weighted by Gasteiger charge is 2.24. The van der Waals surface area contributed by atoms with Crippen molar-refractivity contribution in [3.05, 3.63) is 29.8 Å². The minimum atomic E-state index is -0.295. The van der Waals surface area contributed by atoms with E-state index in [0.717, 1.165) is 31.3 Å². The number of halogens is 1. The number of hydrogen-bond donors (Lipinski definition) is 1. The van der Waals surface area contributed by atoms with E-state index in [4.69, 9.17) is 0 Å². The molecule has 1 fully saturated rings. The fourth-order valence-electron chi connectivity index (χ4n) is 2.38. The van der Waals surface area contributed by atoms with E-state index in [2.05, 4.69) is 41.0 Å². The molecule has 1 unspecified atom stereocenters. The summed E-state index contributed by atoms with van der Waals surface area (Å²) in [5.41, 5.74) is 0.393. The zero-order chi connectivity index (χ0) is 15.9. The van der Waals surface area contributed by atoms with Crippen LogP contribution in [0.5, 0.6) is 0 Å². The largest absolute Gasteiger partial charge is 0.357 e. The highest BCUT2D eigenvalue weighted by atomic mass is 32.2. The second-order valence-corrected chi connectivity index (χ2v) is 7.05. The predicted molar refractivity (Wildman–Crippen MR) is 91.7 cm³/mol. The van der Waals surface area contributed by atoms with E-state index in [0.29, 0.717) is 16.9 Å². The van der Waals surface area contributed by atoms with E-state index in [1.807, 2.05) is 11.8 Å². The molecule has 0 amide bonds. The van der Waals surface area contributed by atoms with Crippen molar-refractivity contribution in [2.24, 2.45) is 10.9 Å². The van der Waals surface area contributed by atoms with E-state index < -0.39 is 0 Å². The molecule has 4 nitrogen and oxygen atoms in total. The summed E-state index contributed by atoms with van der Waals surface area (Å²) in [6.45, 7) is 9.60. The second kappa shape index (κ2) is 8.36. The number of guanidine groups is 1. The van der Waals surface area contributed by atoms with Crippen LogP contribution in [-0.4, -0.2) is 46.5 Å². The standard InChI is InChI=1S/C16H25FN4S/c1-4-18-16(20-10-14-13(17)6-5-7-19-14)21-8-9-22-15(11-21)12(2)3/h5-7,12,15H,4,8-11H2,1-3H3,(H,18,20). The summed E-state index contributed by atoms with van der Waals surface area (Å²) in [7, 11) is 0. The van der Waals surface area contributed by atoms with Crippen LogP contribution in [0.1, 0.15) is 26.5 Å². The lowest BCUT2D eigenvalue weighted by Crippen LogP contribution is -2.49. The Bertz CT molecular complexity index is 507. The van der Waals surface area contributed by atoms with Gasteiger partial charge in [0.15, 0.2) is 5.96 Å². The van der Waals surface area contributed by atoms with Gasteiger partial charge in [-0.3, -0.25) is 4.98 Å². The fraction of sp³-hybridized carbons (Fsp3) is 0.625. The molecule has 2 rings (SSSR count). The molecule has 1 aliphatic heterocycles. The Morgan fingerprint density at radius 2 is 2.41 bits per heavy atom. The summed E-state index contributed by atoms with van der Waals surface area (Å²) >= 11 is 2.03. The van der Waals surface area contributed by atoms with Gasteiger partial charge in [0.05, 0.1) is 12.2 Å². The van der Waals surface area contributed by atoms with Crippen molar-refractivity contribution in [3.63, 3.8) is 0 Å². The number of nitrogens with zero attached hydrogens (tertiary/aromatic N) is 3. The lowest BCUT2D eigenvalue weighted by atomic mass is 10.1. The molecular weight excluding hydrogens is 299 g/mol. The van der Waals surface area contributed by atoms with Crippen LogP contribution >= 0.6 is 11.8 Å². The van der Waals surface area contributed by atoms with E-state index in [1.165, 1.54) is 6.07 Å². The third kappa shape index (κ3) is 4.60. The molecule has 1 aromatic heterocycles. The molecule has 0 saturated carbocycles. The van der Waals surface area contributed by atoms with Gasteiger partial charge in [0, 0.05) is 36.8 Å². The first-order valence-electron chi connectivity index (χ1n) is 7.86. The van der Waals surface area contributed by atoms with Crippen LogP contribution in [0, 0.1) is 11.7 Å². The van der Waals surface area contributed by atoms with Crippen molar-refractivity contribution in [3.8, 4) is 0 Å². The van der Waals surface area contributed by atoms with Gasteiger partial charge in [-0.05, 0) is 25.0 Å². The van der Waals surface area contributed by atoms with Crippen LogP contribution in [0.25, 0.3) is 0 Å². The molecule has 0 aromatic carbocycles. The Morgan fingerprint density at radius 3 is 3.09 bits per heavy atom. The van der Waals surface area contributed by atoms with Crippen molar-refractivity contribution < 1.29 is 4.39 Å². The Labute approximate surface area is 136 Å². The highest BCUT2D eigenvalue weighted by Crippen LogP contribution is 2.24. The fourth-order valence-corrected chi connectivity index (χ4v) is 3.68. The molecule has 1 atom stereocenters. The molecule has 0 bridgehead atoms. The Balaban J connectivity index is 2.08. The smallest absolute Gasteiger partial charge is 0.194 e. The zero-order valence-corrected chi connectivity index (χ0v) is 14.4. The summed E-state index contributed by atoms with van der Waals surface area (Å²) < 4.78 is 13.7.